The Kier molecular flexibility index (Phi) is 4.71. The summed E-state index contributed by atoms with van der Waals surface area (Å²) in [5.41, 5.74) is 1.95. The van der Waals surface area contributed by atoms with E-state index in [1.165, 1.54) is 0 Å². The van der Waals surface area contributed by atoms with Gasteiger partial charge < -0.3 is 5.32 Å². The van der Waals surface area contributed by atoms with E-state index in [-0.39, 0.29) is 5.91 Å². The lowest BCUT2D eigenvalue weighted by atomic mass is 10.2. The second-order valence-electron chi connectivity index (χ2n) is 5.94. The quantitative estimate of drug-likeness (QED) is 0.556. The summed E-state index contributed by atoms with van der Waals surface area (Å²) in [7, 11) is 0. The van der Waals surface area contributed by atoms with Gasteiger partial charge in [-0.05, 0) is 29.8 Å². The molecule has 0 unspecified atom stereocenters. The number of nitrogens with one attached hydrogen (secondary N) is 1. The molecule has 1 amide bonds. The zero-order chi connectivity index (χ0) is 18.6. The molecule has 9 heteroatoms. The number of hydrogen-bond donors (Lipinski definition) is 1. The summed E-state index contributed by atoms with van der Waals surface area (Å²) < 4.78 is 5.09. The van der Waals surface area contributed by atoms with Gasteiger partial charge in [0.05, 0.1) is 18.4 Å². The molecule has 3 heterocycles. The first-order valence-electron chi connectivity index (χ1n) is 8.25. The van der Waals surface area contributed by atoms with Crippen molar-refractivity contribution in [3.05, 3.63) is 83.7 Å². The van der Waals surface area contributed by atoms with Gasteiger partial charge in [0, 0.05) is 29.8 Å². The predicted molar refractivity (Wildman–Crippen MR) is 101 cm³/mol. The zero-order valence-electron chi connectivity index (χ0n) is 14.2. The van der Waals surface area contributed by atoms with Crippen LogP contribution in [0.5, 0.6) is 0 Å². The molecule has 0 radical (unpaired) electrons. The average molecular weight is 382 g/mol. The van der Waals surface area contributed by atoms with Crippen LogP contribution < -0.4 is 5.32 Å². The van der Waals surface area contributed by atoms with Gasteiger partial charge in [-0.1, -0.05) is 23.7 Å². The van der Waals surface area contributed by atoms with Gasteiger partial charge in [-0.25, -0.2) is 0 Å². The normalized spacial score (nSPS) is 10.9. The monoisotopic (exact) mass is 381 g/mol. The lowest BCUT2D eigenvalue weighted by Gasteiger charge is -2.03. The highest BCUT2D eigenvalue weighted by molar-refractivity contribution is 6.30. The van der Waals surface area contributed by atoms with Gasteiger partial charge in [-0.3, -0.25) is 18.8 Å². The van der Waals surface area contributed by atoms with Crippen molar-refractivity contribution in [2.45, 2.75) is 13.2 Å². The Morgan fingerprint density at radius 2 is 2.00 bits per heavy atom. The highest BCUT2D eigenvalue weighted by atomic mass is 35.5. The predicted octanol–water partition coefficient (Wildman–Crippen LogP) is 2.74. The molecule has 0 saturated carbocycles. The lowest BCUT2D eigenvalue weighted by molar-refractivity contribution is 0.102. The van der Waals surface area contributed by atoms with Crippen LogP contribution in [-0.4, -0.2) is 35.2 Å². The Bertz CT molecular complexity index is 1050. The van der Waals surface area contributed by atoms with Crippen LogP contribution in [0.3, 0.4) is 0 Å². The van der Waals surface area contributed by atoms with E-state index in [0.29, 0.717) is 29.6 Å². The van der Waals surface area contributed by atoms with E-state index in [1.807, 2.05) is 36.5 Å². The van der Waals surface area contributed by atoms with Gasteiger partial charge in [-0.2, -0.15) is 15.3 Å². The summed E-state index contributed by atoms with van der Waals surface area (Å²) in [5.74, 6) is -0.295. The van der Waals surface area contributed by atoms with E-state index in [0.717, 1.165) is 5.56 Å². The van der Waals surface area contributed by atoms with E-state index in [1.54, 1.807) is 44.9 Å². The molecule has 3 aromatic heterocycles. The van der Waals surface area contributed by atoms with Crippen molar-refractivity contribution in [1.29, 1.82) is 0 Å². The fourth-order valence-electron chi connectivity index (χ4n) is 2.63. The summed E-state index contributed by atoms with van der Waals surface area (Å²) in [6.45, 7) is 1.01. The lowest BCUT2D eigenvalue weighted by Crippen LogP contribution is -2.14. The number of halogens is 1. The number of carbonyl (C=O) groups excluding carboxylic acids is 1. The Morgan fingerprint density at radius 3 is 2.81 bits per heavy atom. The molecule has 0 spiro atoms. The molecule has 0 aliphatic carbocycles. The van der Waals surface area contributed by atoms with Crippen molar-refractivity contribution in [3.8, 4) is 0 Å². The minimum atomic E-state index is -0.295. The molecule has 4 rings (SSSR count). The Morgan fingerprint density at radius 1 is 1.07 bits per heavy atom. The zero-order valence-corrected chi connectivity index (χ0v) is 15.0. The summed E-state index contributed by atoms with van der Waals surface area (Å²) in [5, 5.41) is 16.1. The molecule has 0 saturated heterocycles. The summed E-state index contributed by atoms with van der Waals surface area (Å²) >= 11 is 6.00. The number of aromatic nitrogens is 6. The van der Waals surface area contributed by atoms with Crippen molar-refractivity contribution in [2.24, 2.45) is 0 Å². The summed E-state index contributed by atoms with van der Waals surface area (Å²) in [4.78, 5) is 12.4. The smallest absolute Gasteiger partial charge is 0.276 e. The molecule has 0 aliphatic heterocycles. The number of benzene rings is 1. The molecular formula is C18H16ClN7O. The summed E-state index contributed by atoms with van der Waals surface area (Å²) in [6, 6.07) is 11.1. The Labute approximate surface area is 160 Å². The molecule has 1 aromatic carbocycles. The van der Waals surface area contributed by atoms with Crippen LogP contribution in [0.2, 0.25) is 5.02 Å². The average Bonchev–Trinajstić information content (AvgIpc) is 3.38. The summed E-state index contributed by atoms with van der Waals surface area (Å²) in [6.07, 6.45) is 8.62. The van der Waals surface area contributed by atoms with Crippen molar-refractivity contribution < 1.29 is 4.79 Å². The third kappa shape index (κ3) is 4.24. The van der Waals surface area contributed by atoms with Crippen LogP contribution in [0.25, 0.3) is 0 Å². The van der Waals surface area contributed by atoms with Crippen LogP contribution in [-0.2, 0) is 13.2 Å². The van der Waals surface area contributed by atoms with E-state index in [2.05, 4.69) is 20.6 Å². The first-order valence-corrected chi connectivity index (χ1v) is 8.63. The van der Waals surface area contributed by atoms with Crippen LogP contribution in [0.15, 0.2) is 67.4 Å². The third-order valence-electron chi connectivity index (χ3n) is 3.85. The molecule has 1 N–H and O–H groups in total. The topological polar surface area (TPSA) is 82.6 Å². The van der Waals surface area contributed by atoms with Crippen LogP contribution in [0.1, 0.15) is 16.1 Å². The second kappa shape index (κ2) is 7.46. The molecule has 0 bridgehead atoms. The van der Waals surface area contributed by atoms with Crippen molar-refractivity contribution >= 4 is 23.2 Å². The standard InChI is InChI=1S/C18H16ClN7O/c19-15-4-1-3-14(9-15)11-26-12-16(10-21-26)22-18(27)17-5-8-25(23-17)13-24-7-2-6-20-24/h1-10,12H,11,13H2,(H,22,27). The van der Waals surface area contributed by atoms with Gasteiger partial charge in [0.1, 0.15) is 6.67 Å². The molecule has 0 atom stereocenters. The maximum atomic E-state index is 12.4. The fourth-order valence-corrected chi connectivity index (χ4v) is 2.84. The Hall–Kier alpha value is -3.39. The van der Waals surface area contributed by atoms with Gasteiger partial charge in [0.2, 0.25) is 0 Å². The van der Waals surface area contributed by atoms with E-state index < -0.39 is 0 Å². The fraction of sp³-hybridized carbons (Fsp3) is 0.111. The minimum Gasteiger partial charge on any atom is -0.318 e. The third-order valence-corrected chi connectivity index (χ3v) is 4.08. The van der Waals surface area contributed by atoms with Gasteiger partial charge in [-0.15, -0.1) is 0 Å². The number of hydrogen-bond acceptors (Lipinski definition) is 4. The molecule has 0 fully saturated rings. The largest absolute Gasteiger partial charge is 0.318 e. The number of amides is 1. The van der Waals surface area contributed by atoms with Crippen molar-refractivity contribution in [3.63, 3.8) is 0 Å². The highest BCUT2D eigenvalue weighted by Gasteiger charge is 2.11. The molecule has 27 heavy (non-hydrogen) atoms. The second-order valence-corrected chi connectivity index (χ2v) is 6.37. The van der Waals surface area contributed by atoms with Crippen LogP contribution in [0.4, 0.5) is 5.69 Å². The first kappa shape index (κ1) is 17.0. The van der Waals surface area contributed by atoms with E-state index in [4.69, 9.17) is 11.6 Å². The SMILES string of the molecule is O=C(Nc1cnn(Cc2cccc(Cl)c2)c1)c1ccn(Cn2cccn2)n1. The van der Waals surface area contributed by atoms with Gasteiger partial charge >= 0.3 is 0 Å². The maximum absolute atomic E-state index is 12.4. The van der Waals surface area contributed by atoms with E-state index >= 15 is 0 Å². The molecular weight excluding hydrogens is 366 g/mol. The molecule has 8 nitrogen and oxygen atoms in total. The Balaban J connectivity index is 1.38. The number of carbonyl (C=O) groups is 1. The van der Waals surface area contributed by atoms with Crippen LogP contribution in [0, 0.1) is 0 Å². The maximum Gasteiger partial charge on any atom is 0.276 e. The first-order chi connectivity index (χ1) is 13.2. The highest BCUT2D eigenvalue weighted by Crippen LogP contribution is 2.13. The van der Waals surface area contributed by atoms with Gasteiger partial charge in [0.15, 0.2) is 5.69 Å². The number of nitrogens with zero attached hydrogens (tertiary/aromatic N) is 6. The van der Waals surface area contributed by atoms with Crippen molar-refractivity contribution in [2.75, 3.05) is 5.32 Å². The molecule has 0 aliphatic rings. The van der Waals surface area contributed by atoms with Gasteiger partial charge in [0.25, 0.3) is 5.91 Å². The van der Waals surface area contributed by atoms with E-state index in [9.17, 15) is 4.79 Å². The number of anilines is 1. The molecule has 136 valence electrons. The molecule has 4 aromatic rings. The minimum absolute atomic E-state index is 0.295. The number of rotatable bonds is 6. The van der Waals surface area contributed by atoms with Crippen molar-refractivity contribution in [1.82, 2.24) is 29.3 Å². The van der Waals surface area contributed by atoms with Crippen LogP contribution >= 0.6 is 11.6 Å².